The van der Waals surface area contributed by atoms with E-state index in [1.54, 1.807) is 0 Å². The maximum atomic E-state index is 12.4. The lowest BCUT2D eigenvalue weighted by Gasteiger charge is -2.22. The molecule has 344 valence electrons. The summed E-state index contributed by atoms with van der Waals surface area (Å²) in [5.41, 5.74) is 0. The Morgan fingerprint density at radius 2 is 0.898 bits per heavy atom. The van der Waals surface area contributed by atoms with Gasteiger partial charge in [-0.05, 0) is 89.9 Å². The highest BCUT2D eigenvalue weighted by atomic mass is 16.5. The molecule has 0 spiro atoms. The van der Waals surface area contributed by atoms with E-state index in [-0.39, 0.29) is 18.5 Å². The van der Waals surface area contributed by atoms with Gasteiger partial charge in [0, 0.05) is 12.8 Å². The van der Waals surface area contributed by atoms with E-state index in [9.17, 15) is 19.8 Å². The van der Waals surface area contributed by atoms with Crippen LogP contribution in [-0.4, -0.2) is 47.4 Å². The van der Waals surface area contributed by atoms with E-state index in [0.717, 1.165) is 83.5 Å². The number of esters is 1. The average molecular weight is 828 g/mol. The summed E-state index contributed by atoms with van der Waals surface area (Å²) in [6, 6.07) is -0.557. The van der Waals surface area contributed by atoms with E-state index < -0.39 is 12.1 Å². The summed E-state index contributed by atoms with van der Waals surface area (Å²) in [7, 11) is 0. The summed E-state index contributed by atoms with van der Waals surface area (Å²) in [4.78, 5) is 24.4. The quantitative estimate of drug-likeness (QED) is 0.0246. The number of nitrogens with one attached hydrogen (secondary N) is 1. The number of ether oxygens (including phenoxy) is 1. The first-order valence-corrected chi connectivity index (χ1v) is 25.4. The van der Waals surface area contributed by atoms with Crippen LogP contribution in [0.4, 0.5) is 0 Å². The first-order valence-electron chi connectivity index (χ1n) is 25.4. The number of unbranched alkanes of at least 4 members (excludes halogenated alkanes) is 28. The minimum Gasteiger partial charge on any atom is -0.466 e. The Balaban J connectivity index is 3.52. The Morgan fingerprint density at radius 3 is 1.42 bits per heavy atom. The van der Waals surface area contributed by atoms with Crippen LogP contribution < -0.4 is 5.32 Å². The first-order chi connectivity index (χ1) is 29.0. The number of allylic oxidation sites excluding steroid dienone is 8. The fraction of sp³-hybridized carbons (Fsp3) is 0.811. The molecule has 6 heteroatoms. The van der Waals surface area contributed by atoms with Crippen LogP contribution in [0.5, 0.6) is 0 Å². The van der Waals surface area contributed by atoms with Crippen molar-refractivity contribution in [1.29, 1.82) is 0 Å². The molecule has 0 aromatic carbocycles. The first kappa shape index (κ1) is 56.8. The van der Waals surface area contributed by atoms with Gasteiger partial charge in [0.25, 0.3) is 0 Å². The van der Waals surface area contributed by atoms with Gasteiger partial charge in [0.2, 0.25) is 5.91 Å². The highest BCUT2D eigenvalue weighted by Crippen LogP contribution is 2.15. The lowest BCUT2D eigenvalue weighted by molar-refractivity contribution is -0.143. The monoisotopic (exact) mass is 828 g/mol. The van der Waals surface area contributed by atoms with Crippen LogP contribution >= 0.6 is 0 Å². The molecule has 0 aliphatic heterocycles. The summed E-state index contributed by atoms with van der Waals surface area (Å²) < 4.78 is 5.44. The third kappa shape index (κ3) is 45.2. The third-order valence-corrected chi connectivity index (χ3v) is 11.4. The number of rotatable bonds is 46. The Kier molecular flexibility index (Phi) is 46.7. The molecule has 0 radical (unpaired) electrons. The van der Waals surface area contributed by atoms with E-state index in [1.807, 2.05) is 0 Å². The minimum absolute atomic E-state index is 0.0305. The van der Waals surface area contributed by atoms with Crippen LogP contribution in [0, 0.1) is 0 Å². The second kappa shape index (κ2) is 48.5. The van der Waals surface area contributed by atoms with Crippen LogP contribution in [0.2, 0.25) is 0 Å². The van der Waals surface area contributed by atoms with E-state index in [0.29, 0.717) is 25.9 Å². The predicted octanol–water partition coefficient (Wildman–Crippen LogP) is 15.1. The van der Waals surface area contributed by atoms with Gasteiger partial charge in [-0.2, -0.15) is 0 Å². The average Bonchev–Trinajstić information content (AvgIpc) is 3.24. The molecule has 0 aliphatic rings. The molecule has 0 aromatic rings. The minimum atomic E-state index is -0.678. The Labute approximate surface area is 366 Å². The topological polar surface area (TPSA) is 95.9 Å². The zero-order chi connectivity index (χ0) is 43.0. The van der Waals surface area contributed by atoms with Crippen molar-refractivity contribution in [3.63, 3.8) is 0 Å². The molecule has 0 aromatic heterocycles. The molecule has 59 heavy (non-hydrogen) atoms. The molecule has 0 saturated carbocycles. The fourth-order valence-corrected chi connectivity index (χ4v) is 7.42. The van der Waals surface area contributed by atoms with Crippen molar-refractivity contribution in [3.05, 3.63) is 48.6 Å². The fourth-order valence-electron chi connectivity index (χ4n) is 7.42. The van der Waals surface area contributed by atoms with Crippen molar-refractivity contribution < 1.29 is 24.5 Å². The van der Waals surface area contributed by atoms with Gasteiger partial charge in [-0.3, -0.25) is 9.59 Å². The summed E-state index contributed by atoms with van der Waals surface area (Å²) in [5, 5.41) is 23.1. The van der Waals surface area contributed by atoms with Crippen LogP contribution in [0.25, 0.3) is 0 Å². The van der Waals surface area contributed by atoms with Crippen LogP contribution in [0.15, 0.2) is 48.6 Å². The van der Waals surface area contributed by atoms with Crippen LogP contribution in [0.3, 0.4) is 0 Å². The Hall–Kier alpha value is -2.18. The molecule has 6 nitrogen and oxygen atoms in total. The van der Waals surface area contributed by atoms with E-state index in [2.05, 4.69) is 67.8 Å². The summed E-state index contributed by atoms with van der Waals surface area (Å²) in [5.74, 6) is -0.0917. The molecule has 1 amide bonds. The molecule has 0 aliphatic carbocycles. The second-order valence-electron chi connectivity index (χ2n) is 17.2. The molecule has 0 rings (SSSR count). The Morgan fingerprint density at radius 1 is 0.492 bits per heavy atom. The number of hydrogen-bond acceptors (Lipinski definition) is 5. The number of aliphatic hydroxyl groups excluding tert-OH is 2. The molecule has 2 unspecified atom stereocenters. The summed E-state index contributed by atoms with van der Waals surface area (Å²) in [6.45, 7) is 4.84. The summed E-state index contributed by atoms with van der Waals surface area (Å²) >= 11 is 0. The van der Waals surface area contributed by atoms with Crippen LogP contribution in [-0.2, 0) is 14.3 Å². The van der Waals surface area contributed by atoms with Gasteiger partial charge in [-0.15, -0.1) is 0 Å². The van der Waals surface area contributed by atoms with Crippen molar-refractivity contribution in [2.75, 3.05) is 13.2 Å². The smallest absolute Gasteiger partial charge is 0.305 e. The van der Waals surface area contributed by atoms with Crippen molar-refractivity contribution in [2.24, 2.45) is 0 Å². The normalized spacial score (nSPS) is 13.1. The van der Waals surface area contributed by atoms with Gasteiger partial charge in [0.05, 0.1) is 25.4 Å². The number of carbonyl (C=O) groups is 2. The molecular formula is C53H97NO5. The largest absolute Gasteiger partial charge is 0.466 e. The maximum absolute atomic E-state index is 12.4. The zero-order valence-corrected chi connectivity index (χ0v) is 39.0. The van der Waals surface area contributed by atoms with Gasteiger partial charge in [-0.25, -0.2) is 0 Å². The molecule has 0 bridgehead atoms. The second-order valence-corrected chi connectivity index (χ2v) is 17.2. The van der Waals surface area contributed by atoms with Crippen molar-refractivity contribution in [2.45, 2.75) is 264 Å². The van der Waals surface area contributed by atoms with Crippen molar-refractivity contribution in [3.8, 4) is 0 Å². The van der Waals surface area contributed by atoms with E-state index in [1.165, 1.54) is 135 Å². The van der Waals surface area contributed by atoms with Gasteiger partial charge >= 0.3 is 5.97 Å². The predicted molar refractivity (Wildman–Crippen MR) is 255 cm³/mol. The maximum Gasteiger partial charge on any atom is 0.305 e. The van der Waals surface area contributed by atoms with Crippen molar-refractivity contribution >= 4 is 11.9 Å². The van der Waals surface area contributed by atoms with E-state index >= 15 is 0 Å². The van der Waals surface area contributed by atoms with E-state index in [4.69, 9.17) is 4.74 Å². The zero-order valence-electron chi connectivity index (χ0n) is 39.0. The molecule has 2 atom stereocenters. The van der Waals surface area contributed by atoms with Gasteiger partial charge in [0.1, 0.15) is 0 Å². The number of aliphatic hydroxyl groups is 2. The Bertz CT molecular complexity index is 1000. The van der Waals surface area contributed by atoms with Gasteiger partial charge < -0.3 is 20.3 Å². The number of amides is 1. The highest BCUT2D eigenvalue weighted by Gasteiger charge is 2.20. The number of hydrogen-bond donors (Lipinski definition) is 3. The highest BCUT2D eigenvalue weighted by molar-refractivity contribution is 5.76. The molecule has 0 heterocycles. The molecular weight excluding hydrogens is 731 g/mol. The van der Waals surface area contributed by atoms with Crippen molar-refractivity contribution in [1.82, 2.24) is 5.32 Å². The molecule has 0 fully saturated rings. The lowest BCUT2D eigenvalue weighted by Crippen LogP contribution is -2.45. The molecule has 3 N–H and O–H groups in total. The standard InChI is InChI=1S/C53H97NO5/c1-3-5-7-9-11-13-15-16-17-18-21-24-27-31-35-39-43-47-53(58)59-48-44-40-36-32-28-25-22-19-20-23-26-30-34-38-42-46-52(57)54-50(49-55)51(56)45-41-37-33-29-14-12-10-8-6-4-2/h11,13,16-17,19,22,25,28,50-51,55-56H,3-10,12,14-15,18,20-21,23-24,26-27,29-49H2,1-2H3,(H,54,57)/b13-11-,17-16-,22-19-,28-25-. The SMILES string of the molecule is CCCCC/C=C\C/C=C\CCCCCCCCCC(=O)OCCCCC/C=C\C=C/CCCCCCCCC(=O)NC(CO)C(O)CCCCCCCCCCCC. The molecule has 0 saturated heterocycles. The van der Waals surface area contributed by atoms with Gasteiger partial charge in [0.15, 0.2) is 0 Å². The lowest BCUT2D eigenvalue weighted by atomic mass is 10.0. The third-order valence-electron chi connectivity index (χ3n) is 11.4. The van der Waals surface area contributed by atoms with Crippen LogP contribution in [0.1, 0.15) is 251 Å². The summed E-state index contributed by atoms with van der Waals surface area (Å²) in [6.07, 6.45) is 59.4. The van der Waals surface area contributed by atoms with Gasteiger partial charge in [-0.1, -0.05) is 197 Å². The number of carbonyl (C=O) groups excluding carboxylic acids is 2.